The second kappa shape index (κ2) is 4.32. The van der Waals surface area contributed by atoms with Gasteiger partial charge in [-0.15, -0.1) is 0 Å². The van der Waals surface area contributed by atoms with Crippen molar-refractivity contribution in [2.45, 2.75) is 38.0 Å². The van der Waals surface area contributed by atoms with Crippen LogP contribution in [0.15, 0.2) is 18.2 Å². The van der Waals surface area contributed by atoms with Crippen LogP contribution >= 0.6 is 0 Å². The largest absolute Gasteiger partial charge is 0.488 e. The number of anilines is 1. The molecule has 0 saturated heterocycles. The lowest BCUT2D eigenvalue weighted by molar-refractivity contribution is -0.137. The number of halogens is 3. The molecule has 2 N–H and O–H groups in total. The maximum absolute atomic E-state index is 12.5. The minimum Gasteiger partial charge on any atom is -0.488 e. The van der Waals surface area contributed by atoms with E-state index < -0.39 is 11.7 Å². The fourth-order valence-corrected chi connectivity index (χ4v) is 3.33. The van der Waals surface area contributed by atoms with Gasteiger partial charge < -0.3 is 10.5 Å². The average Bonchev–Trinajstić information content (AvgIpc) is 2.92. The van der Waals surface area contributed by atoms with Crippen LogP contribution in [0.1, 0.15) is 31.2 Å². The van der Waals surface area contributed by atoms with Crippen LogP contribution in [0.2, 0.25) is 0 Å². The minimum atomic E-state index is -4.36. The van der Waals surface area contributed by atoms with Gasteiger partial charge in [0.15, 0.2) is 0 Å². The first-order valence-corrected chi connectivity index (χ1v) is 6.57. The van der Waals surface area contributed by atoms with E-state index in [2.05, 4.69) is 0 Å². The molecule has 5 heteroatoms. The van der Waals surface area contributed by atoms with E-state index in [1.165, 1.54) is 18.9 Å². The molecule has 0 radical (unpaired) electrons. The fraction of sp³-hybridized carbons (Fsp3) is 0.571. The first-order valence-electron chi connectivity index (χ1n) is 6.57. The minimum absolute atomic E-state index is 0.0672. The lowest BCUT2D eigenvalue weighted by atomic mass is 9.97. The molecule has 2 aliphatic carbocycles. The van der Waals surface area contributed by atoms with E-state index in [1.807, 2.05) is 0 Å². The van der Waals surface area contributed by atoms with Gasteiger partial charge in [-0.3, -0.25) is 0 Å². The van der Waals surface area contributed by atoms with Crippen molar-refractivity contribution >= 4 is 5.69 Å². The number of ether oxygens (including phenoxy) is 1. The van der Waals surface area contributed by atoms with Crippen molar-refractivity contribution in [1.29, 1.82) is 0 Å². The van der Waals surface area contributed by atoms with Gasteiger partial charge in [-0.05, 0) is 55.7 Å². The maximum atomic E-state index is 12.5. The summed E-state index contributed by atoms with van der Waals surface area (Å²) in [5.74, 6) is 1.66. The zero-order valence-corrected chi connectivity index (χ0v) is 10.4. The molecule has 0 aromatic heterocycles. The number of benzene rings is 1. The molecule has 2 aliphatic rings. The summed E-state index contributed by atoms with van der Waals surface area (Å²) in [4.78, 5) is 0. The van der Waals surface area contributed by atoms with Crippen LogP contribution in [-0.2, 0) is 6.18 Å². The number of rotatable bonds is 2. The summed E-state index contributed by atoms with van der Waals surface area (Å²) >= 11 is 0. The zero-order valence-electron chi connectivity index (χ0n) is 10.4. The summed E-state index contributed by atoms with van der Waals surface area (Å²) in [7, 11) is 0. The third-order valence-electron chi connectivity index (χ3n) is 4.29. The monoisotopic (exact) mass is 271 g/mol. The molecular weight excluding hydrogens is 255 g/mol. The first-order chi connectivity index (χ1) is 8.93. The van der Waals surface area contributed by atoms with Crippen molar-refractivity contribution in [2.24, 2.45) is 11.8 Å². The van der Waals surface area contributed by atoms with E-state index in [0.717, 1.165) is 30.9 Å². The molecule has 1 aromatic carbocycles. The van der Waals surface area contributed by atoms with Crippen molar-refractivity contribution in [3.63, 3.8) is 0 Å². The van der Waals surface area contributed by atoms with Crippen LogP contribution in [0.5, 0.6) is 5.75 Å². The summed E-state index contributed by atoms with van der Waals surface area (Å²) < 4.78 is 43.4. The highest BCUT2D eigenvalue weighted by molar-refractivity contribution is 5.55. The summed E-state index contributed by atoms with van der Waals surface area (Å²) in [5.41, 5.74) is 5.01. The molecule has 3 rings (SSSR count). The van der Waals surface area contributed by atoms with Crippen molar-refractivity contribution in [1.82, 2.24) is 0 Å². The van der Waals surface area contributed by atoms with Gasteiger partial charge in [0.1, 0.15) is 11.9 Å². The number of alkyl halides is 3. The summed E-state index contributed by atoms with van der Waals surface area (Å²) in [6, 6.07) is 3.31. The van der Waals surface area contributed by atoms with Crippen LogP contribution in [0.25, 0.3) is 0 Å². The predicted molar refractivity (Wildman–Crippen MR) is 65.7 cm³/mol. The summed E-state index contributed by atoms with van der Waals surface area (Å²) in [5, 5.41) is 0. The number of nitrogen functional groups attached to an aromatic ring is 1. The van der Waals surface area contributed by atoms with E-state index in [1.54, 1.807) is 0 Å². The fourth-order valence-electron chi connectivity index (χ4n) is 3.33. The molecule has 2 fully saturated rings. The van der Waals surface area contributed by atoms with Crippen molar-refractivity contribution in [3.8, 4) is 5.75 Å². The molecule has 2 saturated carbocycles. The first kappa shape index (κ1) is 12.6. The molecule has 0 spiro atoms. The van der Waals surface area contributed by atoms with Crippen molar-refractivity contribution in [3.05, 3.63) is 23.8 Å². The van der Waals surface area contributed by atoms with Crippen molar-refractivity contribution < 1.29 is 17.9 Å². The topological polar surface area (TPSA) is 35.2 Å². The third kappa shape index (κ3) is 2.38. The van der Waals surface area contributed by atoms with Crippen LogP contribution in [0.4, 0.5) is 18.9 Å². The Kier molecular flexibility index (Phi) is 2.87. The highest BCUT2D eigenvalue weighted by Crippen LogP contribution is 2.46. The Morgan fingerprint density at radius 2 is 1.95 bits per heavy atom. The molecule has 0 aliphatic heterocycles. The standard InChI is InChI=1S/C14H16F3NO/c15-14(16,17)10-3-4-12(11(18)7-10)19-13-6-8-1-2-9(13)5-8/h3-4,7-9,13H,1-2,5-6,18H2. The van der Waals surface area contributed by atoms with Crippen LogP contribution < -0.4 is 10.5 Å². The predicted octanol–water partition coefficient (Wildman–Crippen LogP) is 3.86. The number of nitrogens with two attached hydrogens (primary N) is 1. The normalized spacial score (nSPS) is 29.7. The third-order valence-corrected chi connectivity index (χ3v) is 4.29. The van der Waals surface area contributed by atoms with Crippen LogP contribution in [-0.4, -0.2) is 6.10 Å². The van der Waals surface area contributed by atoms with Crippen LogP contribution in [0.3, 0.4) is 0 Å². The SMILES string of the molecule is Nc1cc(C(F)(F)F)ccc1OC1CC2CCC1C2. The summed E-state index contributed by atoms with van der Waals surface area (Å²) in [6.07, 6.45) is 0.371. The Morgan fingerprint density at radius 1 is 1.16 bits per heavy atom. The Bertz CT molecular complexity index is 486. The van der Waals surface area contributed by atoms with Gasteiger partial charge in [0, 0.05) is 0 Å². The number of hydrogen-bond donors (Lipinski definition) is 1. The molecule has 3 atom stereocenters. The van der Waals surface area contributed by atoms with E-state index in [-0.39, 0.29) is 11.8 Å². The van der Waals surface area contributed by atoms with Gasteiger partial charge in [0.25, 0.3) is 0 Å². The lowest BCUT2D eigenvalue weighted by Crippen LogP contribution is -2.24. The summed E-state index contributed by atoms with van der Waals surface area (Å²) in [6.45, 7) is 0. The van der Waals surface area contributed by atoms with Crippen molar-refractivity contribution in [2.75, 3.05) is 5.73 Å². The quantitative estimate of drug-likeness (QED) is 0.829. The molecule has 0 amide bonds. The Morgan fingerprint density at radius 3 is 2.47 bits per heavy atom. The van der Waals surface area contributed by atoms with Gasteiger partial charge in [0.05, 0.1) is 11.3 Å². The van der Waals surface area contributed by atoms with Gasteiger partial charge in [0.2, 0.25) is 0 Å². The highest BCUT2D eigenvalue weighted by Gasteiger charge is 2.41. The average molecular weight is 271 g/mol. The Balaban J connectivity index is 1.75. The second-order valence-electron chi connectivity index (χ2n) is 5.58. The van der Waals surface area contributed by atoms with Gasteiger partial charge >= 0.3 is 6.18 Å². The Hall–Kier alpha value is -1.39. The lowest BCUT2D eigenvalue weighted by Gasteiger charge is -2.24. The molecular formula is C14H16F3NO. The molecule has 19 heavy (non-hydrogen) atoms. The van der Waals surface area contributed by atoms with E-state index >= 15 is 0 Å². The molecule has 104 valence electrons. The smallest absolute Gasteiger partial charge is 0.416 e. The zero-order chi connectivity index (χ0) is 13.6. The van der Waals surface area contributed by atoms with E-state index in [9.17, 15) is 13.2 Å². The molecule has 0 heterocycles. The molecule has 1 aromatic rings. The van der Waals surface area contributed by atoms with Gasteiger partial charge in [-0.25, -0.2) is 0 Å². The van der Waals surface area contributed by atoms with E-state index in [4.69, 9.17) is 10.5 Å². The molecule has 2 nitrogen and oxygen atoms in total. The second-order valence-corrected chi connectivity index (χ2v) is 5.58. The van der Waals surface area contributed by atoms with Gasteiger partial charge in [-0.1, -0.05) is 0 Å². The van der Waals surface area contributed by atoms with Crippen LogP contribution in [0, 0.1) is 11.8 Å². The van der Waals surface area contributed by atoms with E-state index in [0.29, 0.717) is 11.7 Å². The van der Waals surface area contributed by atoms with Gasteiger partial charge in [-0.2, -0.15) is 13.2 Å². The number of hydrogen-bond acceptors (Lipinski definition) is 2. The molecule has 3 unspecified atom stereocenters. The number of fused-ring (bicyclic) bond motifs is 2. The highest BCUT2D eigenvalue weighted by atomic mass is 19.4. The molecule has 2 bridgehead atoms. The Labute approximate surface area is 109 Å². The maximum Gasteiger partial charge on any atom is 0.416 e.